The number of halogens is 1. The molecule has 3 heteroatoms. The van der Waals surface area contributed by atoms with Gasteiger partial charge >= 0.3 is 0 Å². The zero-order valence-electron chi connectivity index (χ0n) is 11.5. The second-order valence-electron chi connectivity index (χ2n) is 6.08. The maximum atomic E-state index is 3.45. The molecule has 2 nitrogen and oxygen atoms in total. The van der Waals surface area contributed by atoms with Gasteiger partial charge < -0.3 is 10.2 Å². The number of piperidine rings is 1. The standard InChI is InChI=1S/C14H28N2.ClH/c1-12(2)14-6-10-16(11-14)9-5-13-3-7-15-8-4-13;/h12-15H,3-11H2,1-2H3;1H. The predicted molar refractivity (Wildman–Crippen MR) is 76.8 cm³/mol. The first-order valence-corrected chi connectivity index (χ1v) is 7.19. The van der Waals surface area contributed by atoms with Crippen molar-refractivity contribution < 1.29 is 0 Å². The van der Waals surface area contributed by atoms with Crippen molar-refractivity contribution in [3.8, 4) is 0 Å². The number of hydrogen-bond acceptors (Lipinski definition) is 2. The van der Waals surface area contributed by atoms with E-state index in [0.717, 1.165) is 17.8 Å². The Morgan fingerprint density at radius 1 is 1.18 bits per heavy atom. The summed E-state index contributed by atoms with van der Waals surface area (Å²) in [6.45, 7) is 11.3. The first-order chi connectivity index (χ1) is 7.75. The Bertz CT molecular complexity index is 202. The van der Waals surface area contributed by atoms with Gasteiger partial charge in [-0.25, -0.2) is 0 Å². The zero-order valence-corrected chi connectivity index (χ0v) is 12.3. The number of nitrogens with one attached hydrogen (secondary N) is 1. The molecule has 102 valence electrons. The highest BCUT2D eigenvalue weighted by Gasteiger charge is 2.25. The highest BCUT2D eigenvalue weighted by Crippen LogP contribution is 2.25. The molecule has 17 heavy (non-hydrogen) atoms. The van der Waals surface area contributed by atoms with Crippen LogP contribution in [0.2, 0.25) is 0 Å². The fourth-order valence-corrected chi connectivity index (χ4v) is 3.15. The van der Waals surface area contributed by atoms with Crippen LogP contribution in [0.1, 0.15) is 39.5 Å². The smallest absolute Gasteiger partial charge is 0.00126 e. The van der Waals surface area contributed by atoms with Gasteiger partial charge in [0.15, 0.2) is 0 Å². The molecule has 0 aliphatic carbocycles. The molecule has 2 aliphatic heterocycles. The maximum absolute atomic E-state index is 3.45. The molecule has 0 aromatic rings. The molecule has 1 N–H and O–H groups in total. The summed E-state index contributed by atoms with van der Waals surface area (Å²) < 4.78 is 0. The average molecular weight is 261 g/mol. The van der Waals surface area contributed by atoms with Crippen LogP contribution in [0.4, 0.5) is 0 Å². The van der Waals surface area contributed by atoms with Gasteiger partial charge in [0.25, 0.3) is 0 Å². The van der Waals surface area contributed by atoms with E-state index in [1.165, 1.54) is 58.4 Å². The third kappa shape index (κ3) is 4.76. The fraction of sp³-hybridized carbons (Fsp3) is 1.00. The summed E-state index contributed by atoms with van der Waals surface area (Å²) in [6, 6.07) is 0. The molecule has 2 heterocycles. The van der Waals surface area contributed by atoms with Crippen molar-refractivity contribution in [2.75, 3.05) is 32.7 Å². The van der Waals surface area contributed by atoms with E-state index in [2.05, 4.69) is 24.1 Å². The van der Waals surface area contributed by atoms with Crippen LogP contribution in [0.3, 0.4) is 0 Å². The van der Waals surface area contributed by atoms with Crippen LogP contribution in [-0.2, 0) is 0 Å². The molecule has 2 fully saturated rings. The van der Waals surface area contributed by atoms with Crippen LogP contribution < -0.4 is 5.32 Å². The van der Waals surface area contributed by atoms with Crippen LogP contribution in [-0.4, -0.2) is 37.6 Å². The van der Waals surface area contributed by atoms with E-state index >= 15 is 0 Å². The molecule has 0 saturated carbocycles. The Morgan fingerprint density at radius 3 is 2.47 bits per heavy atom. The van der Waals surface area contributed by atoms with Gasteiger partial charge in [-0.15, -0.1) is 12.4 Å². The lowest BCUT2D eigenvalue weighted by Crippen LogP contribution is -2.31. The van der Waals surface area contributed by atoms with E-state index < -0.39 is 0 Å². The van der Waals surface area contributed by atoms with Crippen molar-refractivity contribution in [1.29, 1.82) is 0 Å². The Kier molecular flexibility index (Phi) is 6.83. The second-order valence-corrected chi connectivity index (χ2v) is 6.08. The van der Waals surface area contributed by atoms with E-state index in [0.29, 0.717) is 0 Å². The quantitative estimate of drug-likeness (QED) is 0.836. The summed E-state index contributed by atoms with van der Waals surface area (Å²) in [7, 11) is 0. The van der Waals surface area contributed by atoms with Gasteiger partial charge in [0.2, 0.25) is 0 Å². The topological polar surface area (TPSA) is 15.3 Å². The molecule has 2 aliphatic rings. The van der Waals surface area contributed by atoms with E-state index in [9.17, 15) is 0 Å². The van der Waals surface area contributed by atoms with E-state index in [1.807, 2.05) is 0 Å². The van der Waals surface area contributed by atoms with Crippen molar-refractivity contribution in [2.24, 2.45) is 17.8 Å². The van der Waals surface area contributed by atoms with Crippen molar-refractivity contribution >= 4 is 12.4 Å². The maximum Gasteiger partial charge on any atom is 0.00126 e. The van der Waals surface area contributed by atoms with E-state index in [4.69, 9.17) is 0 Å². The first kappa shape index (κ1) is 15.3. The largest absolute Gasteiger partial charge is 0.317 e. The fourth-order valence-electron chi connectivity index (χ4n) is 3.15. The zero-order chi connectivity index (χ0) is 11.4. The number of nitrogens with zero attached hydrogens (tertiary/aromatic N) is 1. The summed E-state index contributed by atoms with van der Waals surface area (Å²) in [4.78, 5) is 2.70. The second kappa shape index (κ2) is 7.60. The number of rotatable bonds is 4. The number of hydrogen-bond donors (Lipinski definition) is 1. The Balaban J connectivity index is 0.00000144. The normalized spacial score (nSPS) is 27.4. The lowest BCUT2D eigenvalue weighted by atomic mass is 9.94. The molecule has 2 rings (SSSR count). The van der Waals surface area contributed by atoms with Crippen molar-refractivity contribution in [3.63, 3.8) is 0 Å². The molecule has 2 saturated heterocycles. The van der Waals surface area contributed by atoms with Crippen LogP contribution in [0.25, 0.3) is 0 Å². The minimum Gasteiger partial charge on any atom is -0.317 e. The van der Waals surface area contributed by atoms with Gasteiger partial charge in [0, 0.05) is 6.54 Å². The van der Waals surface area contributed by atoms with Gasteiger partial charge in [-0.3, -0.25) is 0 Å². The molecule has 0 spiro atoms. The highest BCUT2D eigenvalue weighted by molar-refractivity contribution is 5.85. The van der Waals surface area contributed by atoms with Crippen LogP contribution in [0.5, 0.6) is 0 Å². The molecule has 0 aromatic heterocycles. The summed E-state index contributed by atoms with van der Waals surface area (Å²) >= 11 is 0. The minimum absolute atomic E-state index is 0. The third-order valence-corrected chi connectivity index (χ3v) is 4.56. The van der Waals surface area contributed by atoms with Crippen LogP contribution in [0, 0.1) is 17.8 Å². The average Bonchev–Trinajstić information content (AvgIpc) is 2.76. The molecular formula is C14H29ClN2. The van der Waals surface area contributed by atoms with Gasteiger partial charge in [-0.2, -0.15) is 0 Å². The molecule has 0 aromatic carbocycles. The van der Waals surface area contributed by atoms with Gasteiger partial charge in [-0.05, 0) is 69.6 Å². The lowest BCUT2D eigenvalue weighted by Gasteiger charge is -2.25. The first-order valence-electron chi connectivity index (χ1n) is 7.19. The molecular weight excluding hydrogens is 232 g/mol. The summed E-state index contributed by atoms with van der Waals surface area (Å²) in [5.41, 5.74) is 0. The molecule has 0 radical (unpaired) electrons. The Hall–Kier alpha value is 0.210. The van der Waals surface area contributed by atoms with Crippen LogP contribution in [0.15, 0.2) is 0 Å². The van der Waals surface area contributed by atoms with E-state index in [1.54, 1.807) is 0 Å². The van der Waals surface area contributed by atoms with Crippen molar-refractivity contribution in [2.45, 2.75) is 39.5 Å². The van der Waals surface area contributed by atoms with Crippen LogP contribution >= 0.6 is 12.4 Å². The monoisotopic (exact) mass is 260 g/mol. The van der Waals surface area contributed by atoms with Gasteiger partial charge in [0.05, 0.1) is 0 Å². The molecule has 1 atom stereocenters. The van der Waals surface area contributed by atoms with Crippen molar-refractivity contribution in [1.82, 2.24) is 10.2 Å². The summed E-state index contributed by atoms with van der Waals surface area (Å²) in [5.74, 6) is 2.84. The molecule has 0 amide bonds. The summed E-state index contributed by atoms with van der Waals surface area (Å²) in [5, 5.41) is 3.45. The minimum atomic E-state index is 0. The number of likely N-dealkylation sites (tertiary alicyclic amines) is 1. The van der Waals surface area contributed by atoms with E-state index in [-0.39, 0.29) is 12.4 Å². The van der Waals surface area contributed by atoms with Gasteiger partial charge in [-0.1, -0.05) is 13.8 Å². The third-order valence-electron chi connectivity index (χ3n) is 4.56. The van der Waals surface area contributed by atoms with Crippen molar-refractivity contribution in [3.05, 3.63) is 0 Å². The summed E-state index contributed by atoms with van der Waals surface area (Å²) in [6.07, 6.45) is 5.68. The predicted octanol–water partition coefficient (Wildman–Crippen LogP) is 2.78. The lowest BCUT2D eigenvalue weighted by molar-refractivity contribution is 0.257. The molecule has 0 bridgehead atoms. The van der Waals surface area contributed by atoms with Gasteiger partial charge in [0.1, 0.15) is 0 Å². The Labute approximate surface area is 113 Å². The SMILES string of the molecule is CC(C)C1CCN(CCC2CCNCC2)C1.Cl. The highest BCUT2D eigenvalue weighted by atomic mass is 35.5. The molecule has 1 unspecified atom stereocenters. The Morgan fingerprint density at radius 2 is 1.88 bits per heavy atom.